The number of carbonyl (C=O) groups excluding carboxylic acids is 1. The van der Waals surface area contributed by atoms with Gasteiger partial charge in [0.1, 0.15) is 0 Å². The predicted octanol–water partition coefficient (Wildman–Crippen LogP) is 4.79. The Kier molecular flexibility index (Phi) is 6.33. The number of nitrogens with zero attached hydrogens (tertiary/aromatic N) is 1. The van der Waals surface area contributed by atoms with Crippen LogP contribution in [-0.2, 0) is 6.54 Å². The molecule has 0 saturated heterocycles. The largest absolute Gasteiger partial charge is 0.377 e. The maximum atomic E-state index is 12.8. The molecule has 0 aliphatic rings. The number of aryl methyl sites for hydroxylation is 1. The first-order chi connectivity index (χ1) is 15.9. The van der Waals surface area contributed by atoms with Crippen LogP contribution in [-0.4, -0.2) is 15.5 Å². The van der Waals surface area contributed by atoms with E-state index in [0.717, 1.165) is 11.3 Å². The number of halogens is 1. The first kappa shape index (κ1) is 22.4. The van der Waals surface area contributed by atoms with Gasteiger partial charge in [-0.05, 0) is 55.8 Å². The van der Waals surface area contributed by atoms with Crippen molar-refractivity contribution >= 4 is 39.9 Å². The zero-order valence-electron chi connectivity index (χ0n) is 18.2. The molecule has 4 rings (SSSR count). The number of aromatic nitrogens is 2. The second-order valence-electron chi connectivity index (χ2n) is 7.66. The summed E-state index contributed by atoms with van der Waals surface area (Å²) in [5.41, 5.74) is 2.41. The highest BCUT2D eigenvalue weighted by Crippen LogP contribution is 2.29. The quantitative estimate of drug-likeness (QED) is 0.359. The number of nitrogens with one attached hydrogen (secondary N) is 3. The standard InChI is InChI=1S/C25H23ClN4O3/c1-3-30-22-12-9-17(13-21(22)29-24(32)25(30)33)23(31)28-18-10-11-20(19(26)14-18)27-15(2)16-7-5-4-6-8-16/h4-15,27H,3H2,1-2H3,(H,28,31)(H,29,32). The van der Waals surface area contributed by atoms with Crippen LogP contribution in [0, 0.1) is 0 Å². The van der Waals surface area contributed by atoms with Gasteiger partial charge < -0.3 is 20.2 Å². The number of benzene rings is 3. The number of anilines is 2. The van der Waals surface area contributed by atoms with Crippen LogP contribution in [0.1, 0.15) is 35.8 Å². The van der Waals surface area contributed by atoms with Crippen LogP contribution in [0.15, 0.2) is 76.3 Å². The predicted molar refractivity (Wildman–Crippen MR) is 132 cm³/mol. The zero-order chi connectivity index (χ0) is 23.5. The van der Waals surface area contributed by atoms with Gasteiger partial charge >= 0.3 is 11.1 Å². The Bertz CT molecular complexity index is 1440. The summed E-state index contributed by atoms with van der Waals surface area (Å²) in [5, 5.41) is 6.67. The SMILES string of the molecule is CCn1c(=O)c(=O)[nH]c2cc(C(=O)Nc3ccc(NC(C)c4ccccc4)c(Cl)c3)ccc21. The molecule has 1 amide bonds. The van der Waals surface area contributed by atoms with Crippen molar-refractivity contribution in [2.24, 2.45) is 0 Å². The molecular formula is C25H23ClN4O3. The highest BCUT2D eigenvalue weighted by Gasteiger charge is 2.13. The van der Waals surface area contributed by atoms with Crippen molar-refractivity contribution in [1.82, 2.24) is 9.55 Å². The summed E-state index contributed by atoms with van der Waals surface area (Å²) in [6.45, 7) is 4.18. The Balaban J connectivity index is 1.53. The van der Waals surface area contributed by atoms with E-state index in [4.69, 9.17) is 11.6 Å². The maximum absolute atomic E-state index is 12.8. The van der Waals surface area contributed by atoms with E-state index >= 15 is 0 Å². The Morgan fingerprint density at radius 3 is 2.52 bits per heavy atom. The molecule has 8 heteroatoms. The monoisotopic (exact) mass is 462 g/mol. The number of hydrogen-bond acceptors (Lipinski definition) is 4. The smallest absolute Gasteiger partial charge is 0.316 e. The lowest BCUT2D eigenvalue weighted by Gasteiger charge is -2.17. The molecule has 0 radical (unpaired) electrons. The van der Waals surface area contributed by atoms with Gasteiger partial charge in [-0.15, -0.1) is 0 Å². The van der Waals surface area contributed by atoms with Crippen molar-refractivity contribution in [3.63, 3.8) is 0 Å². The van der Waals surface area contributed by atoms with Gasteiger partial charge in [0.2, 0.25) is 0 Å². The van der Waals surface area contributed by atoms with E-state index in [1.54, 1.807) is 37.3 Å². The second-order valence-corrected chi connectivity index (χ2v) is 8.07. The number of aromatic amines is 1. The molecule has 1 heterocycles. The summed E-state index contributed by atoms with van der Waals surface area (Å²) in [5.74, 6) is -0.360. The fourth-order valence-corrected chi connectivity index (χ4v) is 3.94. The van der Waals surface area contributed by atoms with E-state index in [9.17, 15) is 14.4 Å². The van der Waals surface area contributed by atoms with Gasteiger partial charge in [-0.25, -0.2) is 0 Å². The summed E-state index contributed by atoms with van der Waals surface area (Å²) in [7, 11) is 0. The van der Waals surface area contributed by atoms with Crippen molar-refractivity contribution in [1.29, 1.82) is 0 Å². The molecule has 168 valence electrons. The zero-order valence-corrected chi connectivity index (χ0v) is 18.9. The van der Waals surface area contributed by atoms with Crippen molar-refractivity contribution in [3.05, 3.63) is 104 Å². The van der Waals surface area contributed by atoms with Crippen LogP contribution in [0.4, 0.5) is 11.4 Å². The van der Waals surface area contributed by atoms with Crippen LogP contribution < -0.4 is 21.8 Å². The molecule has 0 saturated carbocycles. The normalized spacial score (nSPS) is 11.8. The molecular weight excluding hydrogens is 440 g/mol. The Morgan fingerprint density at radius 2 is 1.82 bits per heavy atom. The van der Waals surface area contributed by atoms with Crippen molar-refractivity contribution in [3.8, 4) is 0 Å². The molecule has 1 atom stereocenters. The van der Waals surface area contributed by atoms with Crippen molar-refractivity contribution in [2.75, 3.05) is 10.6 Å². The average molecular weight is 463 g/mol. The molecule has 4 aromatic rings. The minimum absolute atomic E-state index is 0.0596. The number of amides is 1. The van der Waals surface area contributed by atoms with Gasteiger partial charge in [-0.3, -0.25) is 14.4 Å². The van der Waals surface area contributed by atoms with Gasteiger partial charge in [-0.2, -0.15) is 0 Å². The number of H-pyrrole nitrogens is 1. The van der Waals surface area contributed by atoms with Crippen LogP contribution >= 0.6 is 11.6 Å². The molecule has 1 aromatic heterocycles. The van der Waals surface area contributed by atoms with E-state index in [2.05, 4.69) is 15.6 Å². The summed E-state index contributed by atoms with van der Waals surface area (Å²) < 4.78 is 1.37. The summed E-state index contributed by atoms with van der Waals surface area (Å²) >= 11 is 6.45. The average Bonchev–Trinajstić information content (AvgIpc) is 2.82. The van der Waals surface area contributed by atoms with Crippen LogP contribution in [0.3, 0.4) is 0 Å². The number of fused-ring (bicyclic) bond motifs is 1. The van der Waals surface area contributed by atoms with Crippen LogP contribution in [0.25, 0.3) is 11.0 Å². The van der Waals surface area contributed by atoms with Crippen LogP contribution in [0.5, 0.6) is 0 Å². The molecule has 7 nitrogen and oxygen atoms in total. The third-order valence-corrected chi connectivity index (χ3v) is 5.76. The maximum Gasteiger partial charge on any atom is 0.316 e. The van der Waals surface area contributed by atoms with Crippen LogP contribution in [0.2, 0.25) is 5.02 Å². The van der Waals surface area contributed by atoms with E-state index in [0.29, 0.717) is 33.9 Å². The number of rotatable bonds is 6. The van der Waals surface area contributed by atoms with Gasteiger partial charge in [0.25, 0.3) is 5.91 Å². The first-order valence-electron chi connectivity index (χ1n) is 10.6. The first-order valence-corrected chi connectivity index (χ1v) is 10.9. The van der Waals surface area contributed by atoms with E-state index in [1.165, 1.54) is 4.57 Å². The fourth-order valence-electron chi connectivity index (χ4n) is 3.71. The molecule has 3 N–H and O–H groups in total. The molecule has 0 spiro atoms. The molecule has 0 fully saturated rings. The Labute approximate surface area is 195 Å². The van der Waals surface area contributed by atoms with Gasteiger partial charge in [0, 0.05) is 23.8 Å². The molecule has 0 aliphatic carbocycles. The third-order valence-electron chi connectivity index (χ3n) is 5.45. The fraction of sp³-hybridized carbons (Fsp3) is 0.160. The molecule has 33 heavy (non-hydrogen) atoms. The number of carbonyl (C=O) groups is 1. The topological polar surface area (TPSA) is 96.0 Å². The molecule has 0 bridgehead atoms. The van der Waals surface area contributed by atoms with Crippen molar-refractivity contribution < 1.29 is 4.79 Å². The minimum atomic E-state index is -0.721. The molecule has 0 aliphatic heterocycles. The molecule has 1 unspecified atom stereocenters. The van der Waals surface area contributed by atoms with Gasteiger partial charge in [0.05, 0.1) is 21.7 Å². The Hall–Kier alpha value is -3.84. The second kappa shape index (κ2) is 9.34. The van der Waals surface area contributed by atoms with Gasteiger partial charge in [0.15, 0.2) is 0 Å². The van der Waals surface area contributed by atoms with Crippen molar-refractivity contribution in [2.45, 2.75) is 26.4 Å². The lowest BCUT2D eigenvalue weighted by atomic mass is 10.1. The number of hydrogen-bond donors (Lipinski definition) is 3. The van der Waals surface area contributed by atoms with E-state index in [1.807, 2.05) is 43.3 Å². The third kappa shape index (κ3) is 4.68. The summed E-state index contributed by atoms with van der Waals surface area (Å²) in [6, 6.07) is 20.1. The highest BCUT2D eigenvalue weighted by molar-refractivity contribution is 6.33. The lowest BCUT2D eigenvalue weighted by molar-refractivity contribution is 0.102. The highest BCUT2D eigenvalue weighted by atomic mass is 35.5. The summed E-state index contributed by atoms with van der Waals surface area (Å²) in [6.07, 6.45) is 0. The van der Waals surface area contributed by atoms with E-state index < -0.39 is 11.1 Å². The van der Waals surface area contributed by atoms with E-state index in [-0.39, 0.29) is 11.9 Å². The lowest BCUT2D eigenvalue weighted by Crippen LogP contribution is -2.36. The minimum Gasteiger partial charge on any atom is -0.377 e. The summed E-state index contributed by atoms with van der Waals surface area (Å²) in [4.78, 5) is 39.2. The Morgan fingerprint density at radius 1 is 1.06 bits per heavy atom. The molecule has 3 aromatic carbocycles. The van der Waals surface area contributed by atoms with Gasteiger partial charge in [-0.1, -0.05) is 41.9 Å².